The second-order valence-electron chi connectivity index (χ2n) is 7.53. The van der Waals surface area contributed by atoms with Gasteiger partial charge in [0.15, 0.2) is 5.82 Å². The quantitative estimate of drug-likeness (QED) is 0.631. The Morgan fingerprint density at radius 1 is 1.24 bits per heavy atom. The zero-order valence-corrected chi connectivity index (χ0v) is 17.3. The fraction of sp³-hybridized carbons (Fsp3) is 0.429. The third kappa shape index (κ3) is 4.50. The lowest BCUT2D eigenvalue weighted by atomic mass is 10.1. The molecule has 152 valence electrons. The van der Waals surface area contributed by atoms with Crippen LogP contribution in [0.15, 0.2) is 22.7 Å². The summed E-state index contributed by atoms with van der Waals surface area (Å²) in [6.45, 7) is 3.89. The molecule has 1 fully saturated rings. The van der Waals surface area contributed by atoms with Crippen molar-refractivity contribution < 1.29 is 9.32 Å². The number of rotatable bonds is 6. The number of hydrogen-bond acceptors (Lipinski definition) is 6. The van der Waals surface area contributed by atoms with Gasteiger partial charge in [-0.2, -0.15) is 0 Å². The number of carbonyl (C=O) groups excluding carboxylic acids is 1. The van der Waals surface area contributed by atoms with Gasteiger partial charge >= 0.3 is 0 Å². The average Bonchev–Trinajstić information content (AvgIpc) is 3.32. The van der Waals surface area contributed by atoms with Gasteiger partial charge in [-0.15, -0.1) is 0 Å². The molecule has 0 atom stereocenters. The predicted molar refractivity (Wildman–Crippen MR) is 112 cm³/mol. The SMILES string of the molecule is Cc1noc(C)c1CC(=O)NCc1nc(NC2CCCC2)c2cc(Cl)ccc2n1. The number of carbonyl (C=O) groups is 1. The zero-order valence-electron chi connectivity index (χ0n) is 16.6. The highest BCUT2D eigenvalue weighted by Crippen LogP contribution is 2.28. The molecule has 2 aromatic heterocycles. The fourth-order valence-corrected chi connectivity index (χ4v) is 3.93. The lowest BCUT2D eigenvalue weighted by Gasteiger charge is -2.16. The molecule has 0 radical (unpaired) electrons. The maximum Gasteiger partial charge on any atom is 0.224 e. The minimum atomic E-state index is -0.121. The van der Waals surface area contributed by atoms with Gasteiger partial charge in [-0.3, -0.25) is 4.79 Å². The van der Waals surface area contributed by atoms with E-state index in [0.717, 1.165) is 40.8 Å². The molecule has 0 bridgehead atoms. The van der Waals surface area contributed by atoms with Gasteiger partial charge in [0.25, 0.3) is 0 Å². The van der Waals surface area contributed by atoms with E-state index < -0.39 is 0 Å². The van der Waals surface area contributed by atoms with Crippen molar-refractivity contribution >= 4 is 34.2 Å². The zero-order chi connectivity index (χ0) is 20.4. The van der Waals surface area contributed by atoms with Crippen LogP contribution in [0.1, 0.15) is 48.5 Å². The number of fused-ring (bicyclic) bond motifs is 1. The molecule has 3 aromatic rings. The standard InChI is InChI=1S/C21H24ClN5O2/c1-12-16(13(2)29-27-12)10-20(28)23-11-19-25-18-8-7-14(22)9-17(18)21(26-19)24-15-5-3-4-6-15/h7-9,15H,3-6,10-11H2,1-2H3,(H,23,28)(H,24,25,26). The Hall–Kier alpha value is -2.67. The minimum absolute atomic E-state index is 0.121. The second kappa shape index (κ2) is 8.37. The Bertz CT molecular complexity index is 1020. The number of nitrogens with zero attached hydrogens (tertiary/aromatic N) is 3. The Morgan fingerprint density at radius 2 is 2.03 bits per heavy atom. The van der Waals surface area contributed by atoms with Crippen molar-refractivity contribution in [3.63, 3.8) is 0 Å². The van der Waals surface area contributed by atoms with E-state index in [0.29, 0.717) is 22.6 Å². The van der Waals surface area contributed by atoms with Crippen LogP contribution in [0, 0.1) is 13.8 Å². The van der Waals surface area contributed by atoms with Crippen LogP contribution < -0.4 is 10.6 Å². The molecule has 4 rings (SSSR count). The van der Waals surface area contributed by atoms with Crippen molar-refractivity contribution in [2.45, 2.75) is 58.5 Å². The number of nitrogens with one attached hydrogen (secondary N) is 2. The van der Waals surface area contributed by atoms with Gasteiger partial charge in [-0.25, -0.2) is 9.97 Å². The van der Waals surface area contributed by atoms with E-state index >= 15 is 0 Å². The summed E-state index contributed by atoms with van der Waals surface area (Å²) in [6.07, 6.45) is 4.95. The molecule has 1 aliphatic rings. The molecular weight excluding hydrogens is 390 g/mol. The van der Waals surface area contributed by atoms with Crippen LogP contribution in [0.2, 0.25) is 5.02 Å². The van der Waals surface area contributed by atoms with Crippen molar-refractivity contribution in [3.8, 4) is 0 Å². The number of anilines is 1. The summed E-state index contributed by atoms with van der Waals surface area (Å²) in [4.78, 5) is 21.7. The van der Waals surface area contributed by atoms with Crippen LogP contribution in [0.25, 0.3) is 10.9 Å². The lowest BCUT2D eigenvalue weighted by Crippen LogP contribution is -2.26. The maximum atomic E-state index is 12.4. The van der Waals surface area contributed by atoms with E-state index in [2.05, 4.69) is 25.8 Å². The van der Waals surface area contributed by atoms with Gasteiger partial charge in [0.05, 0.1) is 24.2 Å². The van der Waals surface area contributed by atoms with E-state index in [4.69, 9.17) is 16.1 Å². The number of aromatic nitrogens is 3. The summed E-state index contributed by atoms with van der Waals surface area (Å²) in [5.41, 5.74) is 2.36. The van der Waals surface area contributed by atoms with Crippen LogP contribution in [0.3, 0.4) is 0 Å². The van der Waals surface area contributed by atoms with E-state index in [1.54, 1.807) is 6.92 Å². The van der Waals surface area contributed by atoms with Gasteiger partial charge in [0, 0.05) is 22.0 Å². The van der Waals surface area contributed by atoms with Crippen LogP contribution in [-0.4, -0.2) is 27.1 Å². The van der Waals surface area contributed by atoms with Crippen molar-refractivity contribution in [2.24, 2.45) is 0 Å². The van der Waals surface area contributed by atoms with Crippen molar-refractivity contribution in [3.05, 3.63) is 46.1 Å². The van der Waals surface area contributed by atoms with Gasteiger partial charge in [-0.05, 0) is 44.9 Å². The highest BCUT2D eigenvalue weighted by atomic mass is 35.5. The molecule has 0 spiro atoms. The maximum absolute atomic E-state index is 12.4. The van der Waals surface area contributed by atoms with Crippen LogP contribution in [0.4, 0.5) is 5.82 Å². The highest BCUT2D eigenvalue weighted by molar-refractivity contribution is 6.31. The first kappa shape index (κ1) is 19.6. The van der Waals surface area contributed by atoms with E-state index in [1.807, 2.05) is 25.1 Å². The largest absolute Gasteiger partial charge is 0.367 e. The molecule has 2 heterocycles. The van der Waals surface area contributed by atoms with Gasteiger partial charge in [0.2, 0.25) is 5.91 Å². The van der Waals surface area contributed by atoms with E-state index in [-0.39, 0.29) is 18.9 Å². The Kier molecular flexibility index (Phi) is 5.67. The van der Waals surface area contributed by atoms with Crippen LogP contribution >= 0.6 is 11.6 Å². The predicted octanol–water partition coefficient (Wildman–Crippen LogP) is 4.10. The summed E-state index contributed by atoms with van der Waals surface area (Å²) < 4.78 is 5.12. The number of halogens is 1. The van der Waals surface area contributed by atoms with Gasteiger partial charge < -0.3 is 15.2 Å². The Labute approximate surface area is 174 Å². The van der Waals surface area contributed by atoms with E-state index in [9.17, 15) is 4.79 Å². The third-order valence-corrected chi connectivity index (χ3v) is 5.60. The molecule has 1 aliphatic carbocycles. The summed E-state index contributed by atoms with van der Waals surface area (Å²) in [6, 6.07) is 5.99. The lowest BCUT2D eigenvalue weighted by molar-refractivity contribution is -0.120. The third-order valence-electron chi connectivity index (χ3n) is 5.36. The Balaban J connectivity index is 1.52. The van der Waals surface area contributed by atoms with Crippen molar-refractivity contribution in [1.29, 1.82) is 0 Å². The Morgan fingerprint density at radius 3 is 2.76 bits per heavy atom. The fourth-order valence-electron chi connectivity index (χ4n) is 3.76. The summed E-state index contributed by atoms with van der Waals surface area (Å²) in [5, 5.41) is 11.9. The molecule has 1 aromatic carbocycles. The summed E-state index contributed by atoms with van der Waals surface area (Å²) in [5.74, 6) is 1.89. The normalized spacial score (nSPS) is 14.4. The molecule has 0 unspecified atom stereocenters. The van der Waals surface area contributed by atoms with Crippen molar-refractivity contribution in [1.82, 2.24) is 20.4 Å². The first-order chi connectivity index (χ1) is 14.0. The van der Waals surface area contributed by atoms with Crippen LogP contribution in [-0.2, 0) is 17.8 Å². The molecule has 2 N–H and O–H groups in total. The molecule has 8 heteroatoms. The molecular formula is C21H24ClN5O2. The average molecular weight is 414 g/mol. The molecule has 0 aliphatic heterocycles. The van der Waals surface area contributed by atoms with Gasteiger partial charge in [-0.1, -0.05) is 29.6 Å². The van der Waals surface area contributed by atoms with Crippen molar-refractivity contribution in [2.75, 3.05) is 5.32 Å². The van der Waals surface area contributed by atoms with Crippen LogP contribution in [0.5, 0.6) is 0 Å². The first-order valence-corrected chi connectivity index (χ1v) is 10.3. The van der Waals surface area contributed by atoms with Gasteiger partial charge in [0.1, 0.15) is 11.6 Å². The van der Waals surface area contributed by atoms with E-state index in [1.165, 1.54) is 12.8 Å². The molecule has 1 amide bonds. The molecule has 7 nitrogen and oxygen atoms in total. The molecule has 29 heavy (non-hydrogen) atoms. The second-order valence-corrected chi connectivity index (χ2v) is 7.97. The number of amides is 1. The minimum Gasteiger partial charge on any atom is -0.367 e. The number of aryl methyl sites for hydroxylation is 2. The first-order valence-electron chi connectivity index (χ1n) is 9.91. The summed E-state index contributed by atoms with van der Waals surface area (Å²) in [7, 11) is 0. The smallest absolute Gasteiger partial charge is 0.224 e. The monoisotopic (exact) mass is 413 g/mol. The topological polar surface area (TPSA) is 92.9 Å². The highest BCUT2D eigenvalue weighted by Gasteiger charge is 2.18. The molecule has 0 saturated heterocycles. The number of hydrogen-bond donors (Lipinski definition) is 2. The summed E-state index contributed by atoms with van der Waals surface area (Å²) >= 11 is 6.19. The molecule has 1 saturated carbocycles. The number of benzene rings is 1.